The van der Waals surface area contributed by atoms with Crippen LogP contribution in [0.15, 0.2) is 48.7 Å². The van der Waals surface area contributed by atoms with Gasteiger partial charge in [-0.15, -0.1) is 0 Å². The van der Waals surface area contributed by atoms with Gasteiger partial charge >= 0.3 is 0 Å². The van der Waals surface area contributed by atoms with E-state index in [1.54, 1.807) is 0 Å². The minimum atomic E-state index is -0.0438. The highest BCUT2D eigenvalue weighted by Crippen LogP contribution is 2.44. The first-order valence-electron chi connectivity index (χ1n) is 9.59. The minimum absolute atomic E-state index is 0.00723. The van der Waals surface area contributed by atoms with E-state index in [4.69, 9.17) is 17.0 Å². The number of halogens is 1. The Hall–Kier alpha value is -2.13. The molecule has 29 heavy (non-hydrogen) atoms. The van der Waals surface area contributed by atoms with Crippen molar-refractivity contribution >= 4 is 45.6 Å². The zero-order chi connectivity index (χ0) is 20.5. The fourth-order valence-corrected chi connectivity index (χ4v) is 5.12. The summed E-state index contributed by atoms with van der Waals surface area (Å²) < 4.78 is 6.84. The molecule has 0 saturated carbocycles. The van der Waals surface area contributed by atoms with Gasteiger partial charge in [0.1, 0.15) is 5.75 Å². The lowest BCUT2D eigenvalue weighted by atomic mass is 9.96. The van der Waals surface area contributed by atoms with Crippen molar-refractivity contribution in [3.05, 3.63) is 74.9 Å². The smallest absolute Gasteiger partial charge is 0.174 e. The number of aryl methyl sites for hydroxylation is 2. The molecule has 1 aliphatic rings. The van der Waals surface area contributed by atoms with Crippen LogP contribution >= 0.6 is 34.8 Å². The van der Waals surface area contributed by atoms with Gasteiger partial charge in [-0.2, -0.15) is 0 Å². The van der Waals surface area contributed by atoms with Crippen molar-refractivity contribution in [3.8, 4) is 5.75 Å². The van der Waals surface area contributed by atoms with E-state index in [0.717, 1.165) is 22.8 Å². The number of hydrogen-bond donors (Lipinski definition) is 2. The lowest BCUT2D eigenvalue weighted by Gasteiger charge is -2.28. The van der Waals surface area contributed by atoms with Gasteiger partial charge in [0.15, 0.2) is 5.11 Å². The highest BCUT2D eigenvalue weighted by molar-refractivity contribution is 14.1. The summed E-state index contributed by atoms with van der Waals surface area (Å²) in [6.45, 7) is 6.86. The first kappa shape index (κ1) is 20.2. The highest BCUT2D eigenvalue weighted by atomic mass is 127. The van der Waals surface area contributed by atoms with Gasteiger partial charge in [0.2, 0.25) is 0 Å². The Morgan fingerprint density at radius 1 is 1.14 bits per heavy atom. The Bertz CT molecular complexity index is 1020. The van der Waals surface area contributed by atoms with E-state index < -0.39 is 0 Å². The Kier molecular flexibility index (Phi) is 5.78. The second-order valence-corrected chi connectivity index (χ2v) is 8.49. The van der Waals surface area contributed by atoms with Crippen LogP contribution < -0.4 is 15.0 Å². The van der Waals surface area contributed by atoms with Crippen molar-refractivity contribution < 1.29 is 4.74 Å². The number of nitrogens with zero attached hydrogens (tertiary/aromatic N) is 2. The van der Waals surface area contributed by atoms with Crippen LogP contribution in [0, 0.1) is 17.4 Å². The molecule has 3 heterocycles. The van der Waals surface area contributed by atoms with Crippen molar-refractivity contribution in [2.45, 2.75) is 32.9 Å². The molecular weight excluding hydrogens is 495 g/mol. The molecule has 5 nitrogen and oxygen atoms in total. The first-order chi connectivity index (χ1) is 14.0. The first-order valence-corrected chi connectivity index (χ1v) is 11.1. The molecule has 0 aliphatic carbocycles. The number of ether oxygens (including phenoxy) is 1. The Morgan fingerprint density at radius 3 is 2.48 bits per heavy atom. The van der Waals surface area contributed by atoms with Crippen LogP contribution in [0.4, 0.5) is 5.69 Å². The normalized spacial score (nSPS) is 18.8. The van der Waals surface area contributed by atoms with Gasteiger partial charge in [-0.05, 0) is 92.0 Å². The Morgan fingerprint density at radius 2 is 1.90 bits per heavy atom. The second-order valence-electron chi connectivity index (χ2n) is 7.03. The van der Waals surface area contributed by atoms with Gasteiger partial charge in [-0.3, -0.25) is 4.98 Å². The maximum atomic E-state index is 5.80. The number of rotatable bonds is 5. The lowest BCUT2D eigenvalue weighted by molar-refractivity contribution is 0.340. The van der Waals surface area contributed by atoms with Crippen LogP contribution in [-0.4, -0.2) is 21.7 Å². The number of aromatic nitrogens is 2. The molecular formula is C22H23IN4OS. The van der Waals surface area contributed by atoms with Crippen LogP contribution in [0.3, 0.4) is 0 Å². The van der Waals surface area contributed by atoms with Gasteiger partial charge in [-0.25, -0.2) is 0 Å². The molecule has 1 aliphatic heterocycles. The zero-order valence-electron chi connectivity index (χ0n) is 16.6. The number of thiocarbonyl (C=S) groups is 1. The number of hydrogen-bond acceptors (Lipinski definition) is 3. The van der Waals surface area contributed by atoms with E-state index >= 15 is 0 Å². The predicted octanol–water partition coefficient (Wildman–Crippen LogP) is 5.21. The lowest BCUT2D eigenvalue weighted by Crippen LogP contribution is -2.29. The van der Waals surface area contributed by atoms with Crippen molar-refractivity contribution in [2.24, 2.45) is 0 Å². The van der Waals surface area contributed by atoms with E-state index in [1.807, 2.05) is 37.4 Å². The molecule has 1 aromatic carbocycles. The number of H-pyrrole nitrogens is 1. The third-order valence-corrected chi connectivity index (χ3v) is 6.87. The molecule has 3 aromatic rings. The zero-order valence-corrected chi connectivity index (χ0v) is 19.5. The summed E-state index contributed by atoms with van der Waals surface area (Å²) in [5, 5.41) is 4.22. The average Bonchev–Trinajstić information content (AvgIpc) is 3.18. The molecule has 7 heteroatoms. The summed E-state index contributed by atoms with van der Waals surface area (Å²) in [7, 11) is 0. The van der Waals surface area contributed by atoms with Crippen LogP contribution in [0.5, 0.6) is 5.75 Å². The van der Waals surface area contributed by atoms with Gasteiger partial charge in [0, 0.05) is 32.4 Å². The largest absolute Gasteiger partial charge is 0.494 e. The fourth-order valence-electron chi connectivity index (χ4n) is 3.92. The molecule has 0 spiro atoms. The minimum Gasteiger partial charge on any atom is -0.494 e. The molecule has 0 bridgehead atoms. The van der Waals surface area contributed by atoms with E-state index in [0.29, 0.717) is 11.7 Å². The number of anilines is 1. The van der Waals surface area contributed by atoms with Crippen LogP contribution in [-0.2, 0) is 0 Å². The van der Waals surface area contributed by atoms with Crippen LogP contribution in [0.25, 0.3) is 0 Å². The average molecular weight is 518 g/mol. The van der Waals surface area contributed by atoms with Gasteiger partial charge in [0.25, 0.3) is 0 Å². The van der Waals surface area contributed by atoms with Crippen LogP contribution in [0.2, 0.25) is 0 Å². The molecule has 1 fully saturated rings. The number of pyridine rings is 1. The summed E-state index contributed by atoms with van der Waals surface area (Å²) in [5.74, 6) is 0.857. The summed E-state index contributed by atoms with van der Waals surface area (Å²) in [6.07, 6.45) is 1.83. The molecule has 2 N–H and O–H groups in total. The topological polar surface area (TPSA) is 53.2 Å². The second kappa shape index (κ2) is 8.31. The van der Waals surface area contributed by atoms with Crippen molar-refractivity contribution in [2.75, 3.05) is 11.5 Å². The Balaban J connectivity index is 1.83. The molecule has 0 radical (unpaired) electrons. The molecule has 0 amide bonds. The highest BCUT2D eigenvalue weighted by Gasteiger charge is 2.42. The summed E-state index contributed by atoms with van der Waals surface area (Å²) in [6, 6.07) is 14.1. The van der Waals surface area contributed by atoms with E-state index in [9.17, 15) is 0 Å². The van der Waals surface area contributed by atoms with E-state index in [1.165, 1.54) is 14.8 Å². The van der Waals surface area contributed by atoms with Crippen molar-refractivity contribution in [1.29, 1.82) is 0 Å². The predicted molar refractivity (Wildman–Crippen MR) is 129 cm³/mol. The van der Waals surface area contributed by atoms with E-state index in [-0.39, 0.29) is 12.1 Å². The molecule has 0 unspecified atom stereocenters. The Labute approximate surface area is 190 Å². The SMILES string of the molecule is CCOc1ccc(N2C(=S)N[C@H](c3ccccn3)[C@H]2c2c(C)[nH]c(C)c2I)cc1. The fraction of sp³-hybridized carbons (Fsp3) is 0.273. The number of aromatic amines is 1. The molecule has 2 aromatic heterocycles. The standard InChI is InChI=1S/C22H23IN4OS/c1-4-28-16-10-8-15(9-11-16)27-21(18-13(2)25-14(3)19(18)23)20(26-22(27)29)17-7-5-6-12-24-17/h5-12,20-21,25H,4H2,1-3H3,(H,26,29)/t20-,21-/m1/s1. The quantitative estimate of drug-likeness (QED) is 0.359. The summed E-state index contributed by atoms with van der Waals surface area (Å²) in [5.41, 5.74) is 5.58. The molecule has 4 rings (SSSR count). The van der Waals surface area contributed by atoms with E-state index in [2.05, 4.69) is 74.8 Å². The third kappa shape index (κ3) is 3.73. The van der Waals surface area contributed by atoms with Gasteiger partial charge in [0.05, 0.1) is 24.4 Å². The van der Waals surface area contributed by atoms with Crippen molar-refractivity contribution in [1.82, 2.24) is 15.3 Å². The molecule has 1 saturated heterocycles. The van der Waals surface area contributed by atoms with Crippen LogP contribution in [0.1, 0.15) is 41.7 Å². The molecule has 2 atom stereocenters. The summed E-state index contributed by atoms with van der Waals surface area (Å²) >= 11 is 8.23. The van der Waals surface area contributed by atoms with Gasteiger partial charge in [-0.1, -0.05) is 6.07 Å². The van der Waals surface area contributed by atoms with Crippen molar-refractivity contribution in [3.63, 3.8) is 0 Å². The van der Waals surface area contributed by atoms with Gasteiger partial charge < -0.3 is 19.9 Å². The summed E-state index contributed by atoms with van der Waals surface area (Å²) in [4.78, 5) is 10.3. The number of benzene rings is 1. The maximum absolute atomic E-state index is 5.80. The monoisotopic (exact) mass is 518 g/mol. The number of nitrogens with one attached hydrogen (secondary N) is 2. The maximum Gasteiger partial charge on any atom is 0.174 e. The molecule has 150 valence electrons. The third-order valence-electron chi connectivity index (χ3n) is 5.16.